The molecule has 0 unspecified atom stereocenters. The molecule has 3 nitrogen and oxygen atoms in total. The van der Waals surface area contributed by atoms with Crippen molar-refractivity contribution in [2.75, 3.05) is 0 Å². The van der Waals surface area contributed by atoms with E-state index in [1.54, 1.807) is 30.3 Å². The molecular formula is C18H10Cl2N2OS. The third-order valence-corrected chi connectivity index (χ3v) is 4.71. The lowest BCUT2D eigenvalue weighted by Gasteiger charge is -1.99. The van der Waals surface area contributed by atoms with Gasteiger partial charge in [-0.05, 0) is 35.9 Å². The third kappa shape index (κ3) is 3.60. The highest BCUT2D eigenvalue weighted by Gasteiger charge is 2.09. The van der Waals surface area contributed by atoms with Gasteiger partial charge >= 0.3 is 0 Å². The molecule has 3 aromatic rings. The monoisotopic (exact) mass is 372 g/mol. The van der Waals surface area contributed by atoms with Gasteiger partial charge in [0.05, 0.1) is 16.3 Å². The maximum atomic E-state index is 9.46. The van der Waals surface area contributed by atoms with Crippen LogP contribution in [0.15, 0.2) is 47.8 Å². The molecule has 0 aliphatic heterocycles. The number of hydrogen-bond donors (Lipinski definition) is 1. The Bertz CT molecular complexity index is 956. The first-order valence-corrected chi connectivity index (χ1v) is 8.52. The summed E-state index contributed by atoms with van der Waals surface area (Å²) in [4.78, 5) is 4.52. The van der Waals surface area contributed by atoms with Gasteiger partial charge in [0.2, 0.25) is 0 Å². The number of rotatable bonds is 3. The highest BCUT2D eigenvalue weighted by atomic mass is 35.5. The van der Waals surface area contributed by atoms with Crippen molar-refractivity contribution in [3.05, 3.63) is 68.5 Å². The summed E-state index contributed by atoms with van der Waals surface area (Å²) in [5.74, 6) is 0.00611. The van der Waals surface area contributed by atoms with Crippen LogP contribution in [0, 0.1) is 11.3 Å². The molecule has 0 amide bonds. The fourth-order valence-corrected chi connectivity index (χ4v) is 3.18. The van der Waals surface area contributed by atoms with Gasteiger partial charge in [0.1, 0.15) is 16.8 Å². The Morgan fingerprint density at radius 1 is 1.17 bits per heavy atom. The van der Waals surface area contributed by atoms with Crippen LogP contribution in [0.25, 0.3) is 22.9 Å². The Morgan fingerprint density at radius 2 is 1.92 bits per heavy atom. The fourth-order valence-electron chi connectivity index (χ4n) is 2.07. The van der Waals surface area contributed by atoms with E-state index in [4.69, 9.17) is 23.2 Å². The Hall–Kier alpha value is -2.32. The highest BCUT2D eigenvalue weighted by molar-refractivity contribution is 7.11. The minimum Gasteiger partial charge on any atom is -0.506 e. The van der Waals surface area contributed by atoms with Crippen LogP contribution in [-0.2, 0) is 0 Å². The molecule has 0 aliphatic rings. The van der Waals surface area contributed by atoms with Crippen LogP contribution in [0.5, 0.6) is 5.75 Å². The largest absolute Gasteiger partial charge is 0.506 e. The lowest BCUT2D eigenvalue weighted by atomic mass is 10.1. The van der Waals surface area contributed by atoms with Crippen molar-refractivity contribution in [2.45, 2.75) is 0 Å². The predicted octanol–water partition coefficient (Wildman–Crippen LogP) is 5.89. The SMILES string of the molecule is N#C/C(=C/c1ccc(O)c(Cl)c1)c1nc(-c2ccc(Cl)cc2)cs1. The molecule has 0 radical (unpaired) electrons. The molecule has 0 saturated carbocycles. The quantitative estimate of drug-likeness (QED) is 0.583. The molecule has 0 bridgehead atoms. The van der Waals surface area contributed by atoms with Gasteiger partial charge in [-0.2, -0.15) is 5.26 Å². The number of nitrogens with zero attached hydrogens (tertiary/aromatic N) is 2. The molecule has 2 aromatic carbocycles. The van der Waals surface area contributed by atoms with Gasteiger partial charge in [-0.3, -0.25) is 0 Å². The number of hydrogen-bond acceptors (Lipinski definition) is 4. The zero-order chi connectivity index (χ0) is 17.1. The van der Waals surface area contributed by atoms with Crippen LogP contribution in [-0.4, -0.2) is 10.1 Å². The van der Waals surface area contributed by atoms with Gasteiger partial charge in [0, 0.05) is 16.0 Å². The van der Waals surface area contributed by atoms with Crippen molar-refractivity contribution < 1.29 is 5.11 Å². The summed E-state index contributed by atoms with van der Waals surface area (Å²) in [5, 5.41) is 22.3. The molecule has 6 heteroatoms. The first kappa shape index (κ1) is 16.5. The molecule has 0 saturated heterocycles. The van der Waals surface area contributed by atoms with Crippen molar-refractivity contribution >= 4 is 46.2 Å². The van der Waals surface area contributed by atoms with Gasteiger partial charge < -0.3 is 5.11 Å². The second-order valence-corrected chi connectivity index (χ2v) is 6.63. The van der Waals surface area contributed by atoms with E-state index in [9.17, 15) is 10.4 Å². The normalized spacial score (nSPS) is 11.3. The van der Waals surface area contributed by atoms with E-state index < -0.39 is 0 Å². The molecule has 0 spiro atoms. The number of phenolic OH excluding ortho intramolecular Hbond substituents is 1. The van der Waals surface area contributed by atoms with Gasteiger partial charge in [-0.25, -0.2) is 4.98 Å². The number of aromatic hydroxyl groups is 1. The smallest absolute Gasteiger partial charge is 0.134 e. The number of halogens is 2. The van der Waals surface area contributed by atoms with Crippen LogP contribution in [0.3, 0.4) is 0 Å². The summed E-state index contributed by atoms with van der Waals surface area (Å²) in [6.07, 6.45) is 1.69. The Kier molecular flexibility index (Phi) is 4.86. The standard InChI is InChI=1S/C18H10Cl2N2OS/c19-14-4-2-12(3-5-14)16-10-24-18(22-16)13(9-21)7-11-1-6-17(23)15(20)8-11/h1-8,10,23H/b13-7-. The maximum absolute atomic E-state index is 9.46. The van der Waals surface area contributed by atoms with Gasteiger partial charge in [0.15, 0.2) is 0 Å². The second kappa shape index (κ2) is 7.06. The number of benzene rings is 2. The van der Waals surface area contributed by atoms with Crippen LogP contribution < -0.4 is 0 Å². The summed E-state index contributed by atoms with van der Waals surface area (Å²) >= 11 is 13.2. The second-order valence-electron chi connectivity index (χ2n) is 4.93. The Balaban J connectivity index is 1.94. The Labute approximate surface area is 153 Å². The highest BCUT2D eigenvalue weighted by Crippen LogP contribution is 2.29. The molecule has 24 heavy (non-hydrogen) atoms. The topological polar surface area (TPSA) is 56.9 Å². The number of allylic oxidation sites excluding steroid dienone is 1. The Morgan fingerprint density at radius 3 is 2.58 bits per heavy atom. The van der Waals surface area contributed by atoms with Crippen molar-refractivity contribution in [1.29, 1.82) is 5.26 Å². The van der Waals surface area contributed by atoms with E-state index in [-0.39, 0.29) is 10.8 Å². The number of phenols is 1. The zero-order valence-electron chi connectivity index (χ0n) is 12.2. The lowest BCUT2D eigenvalue weighted by Crippen LogP contribution is -1.83. The molecule has 1 heterocycles. The minimum absolute atomic E-state index is 0.00611. The lowest BCUT2D eigenvalue weighted by molar-refractivity contribution is 0.475. The molecular weight excluding hydrogens is 363 g/mol. The van der Waals surface area contributed by atoms with Gasteiger partial charge in [-0.1, -0.05) is 41.4 Å². The summed E-state index contributed by atoms with van der Waals surface area (Å²) in [6.45, 7) is 0. The summed E-state index contributed by atoms with van der Waals surface area (Å²) in [6, 6.07) is 14.3. The molecule has 1 aromatic heterocycles. The van der Waals surface area contributed by atoms with Crippen LogP contribution in [0.2, 0.25) is 10.0 Å². The number of aromatic nitrogens is 1. The molecule has 1 N–H and O–H groups in total. The maximum Gasteiger partial charge on any atom is 0.134 e. The third-order valence-electron chi connectivity index (χ3n) is 3.28. The van der Waals surface area contributed by atoms with Crippen molar-refractivity contribution in [2.24, 2.45) is 0 Å². The summed E-state index contributed by atoms with van der Waals surface area (Å²) in [5.41, 5.74) is 2.88. The van der Waals surface area contributed by atoms with Crippen molar-refractivity contribution in [3.8, 4) is 23.1 Å². The van der Waals surface area contributed by atoms with Crippen LogP contribution in [0.1, 0.15) is 10.6 Å². The molecule has 0 fully saturated rings. The first-order chi connectivity index (χ1) is 11.6. The average Bonchev–Trinajstić information content (AvgIpc) is 3.06. The molecule has 3 rings (SSSR count). The summed E-state index contributed by atoms with van der Waals surface area (Å²) < 4.78 is 0. The van der Waals surface area contributed by atoms with Crippen molar-refractivity contribution in [3.63, 3.8) is 0 Å². The van der Waals surface area contributed by atoms with Crippen LogP contribution in [0.4, 0.5) is 0 Å². The molecule has 0 atom stereocenters. The van der Waals surface area contributed by atoms with E-state index in [0.717, 1.165) is 16.8 Å². The van der Waals surface area contributed by atoms with Gasteiger partial charge in [-0.15, -0.1) is 11.3 Å². The van der Waals surface area contributed by atoms with Gasteiger partial charge in [0.25, 0.3) is 0 Å². The minimum atomic E-state index is 0.00611. The fraction of sp³-hybridized carbons (Fsp3) is 0. The average molecular weight is 373 g/mol. The molecule has 0 aliphatic carbocycles. The van der Waals surface area contributed by atoms with E-state index in [0.29, 0.717) is 15.6 Å². The number of thiazole rings is 1. The first-order valence-electron chi connectivity index (χ1n) is 6.89. The van der Waals surface area contributed by atoms with E-state index >= 15 is 0 Å². The predicted molar refractivity (Wildman–Crippen MR) is 99.2 cm³/mol. The molecule has 118 valence electrons. The van der Waals surface area contributed by atoms with E-state index in [2.05, 4.69) is 11.1 Å². The van der Waals surface area contributed by atoms with Crippen LogP contribution >= 0.6 is 34.5 Å². The van der Waals surface area contributed by atoms with E-state index in [1.165, 1.54) is 17.4 Å². The van der Waals surface area contributed by atoms with E-state index in [1.807, 2.05) is 17.5 Å². The summed E-state index contributed by atoms with van der Waals surface area (Å²) in [7, 11) is 0. The van der Waals surface area contributed by atoms with Crippen molar-refractivity contribution in [1.82, 2.24) is 4.98 Å². The zero-order valence-corrected chi connectivity index (χ0v) is 14.5. The number of nitriles is 1.